The van der Waals surface area contributed by atoms with Gasteiger partial charge in [-0.1, -0.05) is 20.8 Å². The largest absolute Gasteiger partial charge is 0.295 e. The van der Waals surface area contributed by atoms with Gasteiger partial charge in [-0.3, -0.25) is 4.84 Å². The molecular weight excluding hydrogens is 244 g/mol. The molecule has 1 rings (SSSR count). The van der Waals surface area contributed by atoms with Gasteiger partial charge in [0.1, 0.15) is 0 Å². The van der Waals surface area contributed by atoms with Crippen molar-refractivity contribution in [2.45, 2.75) is 72.4 Å². The van der Waals surface area contributed by atoms with E-state index in [1.807, 2.05) is 20.8 Å². The number of hydrogen-bond acceptors (Lipinski definition) is 4. The zero-order valence-electron chi connectivity index (χ0n) is 12.8. The minimum Gasteiger partial charge on any atom is -0.295 e. The molecule has 0 radical (unpaired) electrons. The molecule has 0 fully saturated rings. The second-order valence-electron chi connectivity index (χ2n) is 6.77. The first kappa shape index (κ1) is 15.6. The van der Waals surface area contributed by atoms with E-state index in [0.717, 1.165) is 5.69 Å². The van der Waals surface area contributed by atoms with Crippen LogP contribution in [0.15, 0.2) is 0 Å². The van der Waals surface area contributed by atoms with E-state index in [1.165, 1.54) is 9.88 Å². The molecule has 18 heavy (non-hydrogen) atoms. The summed E-state index contributed by atoms with van der Waals surface area (Å²) in [5.41, 5.74) is 4.14. The van der Waals surface area contributed by atoms with E-state index in [4.69, 9.17) is 4.84 Å². The zero-order chi connectivity index (χ0) is 14.1. The van der Waals surface area contributed by atoms with E-state index in [2.05, 4.69) is 45.1 Å². The molecule has 0 aliphatic heterocycles. The highest BCUT2D eigenvalue weighted by Crippen LogP contribution is 2.32. The quantitative estimate of drug-likeness (QED) is 0.839. The van der Waals surface area contributed by atoms with Crippen molar-refractivity contribution >= 4 is 11.3 Å². The van der Waals surface area contributed by atoms with Gasteiger partial charge in [-0.25, -0.2) is 4.98 Å². The third-order valence-electron chi connectivity index (χ3n) is 2.41. The summed E-state index contributed by atoms with van der Waals surface area (Å²) in [6.07, 6.45) is 0. The van der Waals surface area contributed by atoms with Gasteiger partial charge in [0.2, 0.25) is 0 Å². The Morgan fingerprint density at radius 1 is 1.17 bits per heavy atom. The lowest BCUT2D eigenvalue weighted by atomic mass is 9.98. The Morgan fingerprint density at radius 2 is 1.72 bits per heavy atom. The Kier molecular flexibility index (Phi) is 4.57. The Bertz CT molecular complexity index is 399. The van der Waals surface area contributed by atoms with E-state index >= 15 is 0 Å². The van der Waals surface area contributed by atoms with Gasteiger partial charge >= 0.3 is 0 Å². The Balaban J connectivity index is 2.81. The van der Waals surface area contributed by atoms with Crippen molar-refractivity contribution in [3.8, 4) is 0 Å². The monoisotopic (exact) mass is 270 g/mol. The van der Waals surface area contributed by atoms with Crippen molar-refractivity contribution in [1.82, 2.24) is 10.5 Å². The molecule has 0 bridgehead atoms. The van der Waals surface area contributed by atoms with Gasteiger partial charge in [-0.2, -0.15) is 5.48 Å². The minimum absolute atomic E-state index is 0.109. The van der Waals surface area contributed by atoms with Gasteiger partial charge in [0.25, 0.3) is 0 Å². The van der Waals surface area contributed by atoms with Gasteiger partial charge < -0.3 is 0 Å². The molecule has 1 unspecified atom stereocenters. The normalized spacial score (nSPS) is 14.9. The molecule has 0 spiro atoms. The Morgan fingerprint density at radius 3 is 2.11 bits per heavy atom. The lowest BCUT2D eigenvalue weighted by Crippen LogP contribution is -2.30. The highest BCUT2D eigenvalue weighted by molar-refractivity contribution is 7.12. The lowest BCUT2D eigenvalue weighted by molar-refractivity contribution is -0.0862. The molecule has 0 aliphatic carbocycles. The molecule has 1 aromatic heterocycles. The first-order valence-corrected chi connectivity index (χ1v) is 7.23. The van der Waals surface area contributed by atoms with E-state index in [0.29, 0.717) is 0 Å². The minimum atomic E-state index is -0.181. The molecule has 0 saturated heterocycles. The van der Waals surface area contributed by atoms with Crippen LogP contribution in [0.4, 0.5) is 0 Å². The third kappa shape index (κ3) is 4.34. The first-order valence-electron chi connectivity index (χ1n) is 6.42. The van der Waals surface area contributed by atoms with Crippen LogP contribution in [-0.2, 0) is 10.3 Å². The van der Waals surface area contributed by atoms with Gasteiger partial charge in [-0.15, -0.1) is 11.3 Å². The van der Waals surface area contributed by atoms with Crippen molar-refractivity contribution in [3.05, 3.63) is 15.6 Å². The van der Waals surface area contributed by atoms with E-state index in [-0.39, 0.29) is 17.1 Å². The second-order valence-corrected chi connectivity index (χ2v) is 7.80. The molecule has 0 amide bonds. The number of rotatable bonds is 3. The number of hydroxylamine groups is 1. The van der Waals surface area contributed by atoms with E-state index < -0.39 is 0 Å². The molecular formula is C14H26N2OS. The maximum atomic E-state index is 5.62. The van der Waals surface area contributed by atoms with Crippen LogP contribution in [0.5, 0.6) is 0 Å². The summed E-state index contributed by atoms with van der Waals surface area (Å²) in [6, 6.07) is 0.165. The molecule has 1 N–H and O–H groups in total. The Hall–Kier alpha value is -0.450. The van der Waals surface area contributed by atoms with Crippen molar-refractivity contribution in [1.29, 1.82) is 0 Å². The predicted molar refractivity (Wildman–Crippen MR) is 77.9 cm³/mol. The van der Waals surface area contributed by atoms with Crippen LogP contribution in [-0.4, -0.2) is 10.6 Å². The topological polar surface area (TPSA) is 34.2 Å². The average Bonchev–Trinajstić information content (AvgIpc) is 2.55. The number of aryl methyl sites for hydroxylation is 1. The maximum absolute atomic E-state index is 5.62. The molecule has 1 aromatic rings. The lowest BCUT2D eigenvalue weighted by Gasteiger charge is -2.22. The SMILES string of the molecule is Cc1nc(C(C)(C)C)sc1C(C)NOC(C)(C)C. The molecule has 0 aromatic carbocycles. The smallest absolute Gasteiger partial charge is 0.0985 e. The fourth-order valence-corrected chi connectivity index (χ4v) is 2.56. The number of aromatic nitrogens is 1. The number of nitrogens with zero attached hydrogens (tertiary/aromatic N) is 1. The van der Waals surface area contributed by atoms with Crippen LogP contribution in [0.3, 0.4) is 0 Å². The molecule has 1 heterocycles. The fourth-order valence-electron chi connectivity index (χ4n) is 1.45. The molecule has 104 valence electrons. The summed E-state index contributed by atoms with van der Waals surface area (Å²) in [7, 11) is 0. The van der Waals surface area contributed by atoms with Crippen LogP contribution < -0.4 is 5.48 Å². The number of nitrogens with one attached hydrogen (secondary N) is 1. The number of thiazole rings is 1. The molecule has 3 nitrogen and oxygen atoms in total. The highest BCUT2D eigenvalue weighted by atomic mass is 32.1. The molecule has 0 aliphatic rings. The van der Waals surface area contributed by atoms with Gasteiger partial charge in [-0.05, 0) is 34.6 Å². The Labute approximate surface area is 115 Å². The van der Waals surface area contributed by atoms with Gasteiger partial charge in [0.15, 0.2) is 0 Å². The van der Waals surface area contributed by atoms with Crippen LogP contribution >= 0.6 is 11.3 Å². The molecule has 0 saturated carbocycles. The predicted octanol–water partition coefficient (Wildman–Crippen LogP) is 4.13. The van der Waals surface area contributed by atoms with E-state index in [9.17, 15) is 0 Å². The van der Waals surface area contributed by atoms with E-state index in [1.54, 1.807) is 11.3 Å². The summed E-state index contributed by atoms with van der Waals surface area (Å²) in [5, 5.41) is 1.18. The fraction of sp³-hybridized carbons (Fsp3) is 0.786. The van der Waals surface area contributed by atoms with Crippen molar-refractivity contribution in [2.75, 3.05) is 0 Å². The van der Waals surface area contributed by atoms with Crippen LogP contribution in [0, 0.1) is 6.92 Å². The molecule has 1 atom stereocenters. The summed E-state index contributed by atoms with van der Waals surface area (Å²) in [5.74, 6) is 0. The first-order chi connectivity index (χ1) is 8.00. The maximum Gasteiger partial charge on any atom is 0.0985 e. The summed E-state index contributed by atoms with van der Waals surface area (Å²) in [6.45, 7) is 16.9. The molecule has 4 heteroatoms. The van der Waals surface area contributed by atoms with Crippen LogP contribution in [0.25, 0.3) is 0 Å². The van der Waals surface area contributed by atoms with Crippen LogP contribution in [0.2, 0.25) is 0 Å². The van der Waals surface area contributed by atoms with Crippen molar-refractivity contribution < 1.29 is 4.84 Å². The zero-order valence-corrected chi connectivity index (χ0v) is 13.7. The second kappa shape index (κ2) is 5.27. The van der Waals surface area contributed by atoms with Crippen molar-refractivity contribution in [2.24, 2.45) is 0 Å². The number of hydrogen-bond donors (Lipinski definition) is 1. The van der Waals surface area contributed by atoms with Gasteiger partial charge in [0, 0.05) is 10.3 Å². The third-order valence-corrected chi connectivity index (χ3v) is 4.18. The highest BCUT2D eigenvalue weighted by Gasteiger charge is 2.23. The van der Waals surface area contributed by atoms with Gasteiger partial charge in [0.05, 0.1) is 22.3 Å². The summed E-state index contributed by atoms with van der Waals surface area (Å²) in [4.78, 5) is 11.5. The summed E-state index contributed by atoms with van der Waals surface area (Å²) < 4.78 is 0. The van der Waals surface area contributed by atoms with Crippen molar-refractivity contribution in [3.63, 3.8) is 0 Å². The average molecular weight is 270 g/mol. The standard InChI is InChI=1S/C14H26N2OS/c1-9-11(10(2)16-17-14(6,7)8)18-12(15-9)13(3,4)5/h10,16H,1-8H3. The van der Waals surface area contributed by atoms with Crippen LogP contribution in [0.1, 0.15) is 70.1 Å². The summed E-state index contributed by atoms with van der Waals surface area (Å²) >= 11 is 1.77.